The normalized spacial score (nSPS) is 31.1. The van der Waals surface area contributed by atoms with Gasteiger partial charge in [-0.1, -0.05) is 48.5 Å². The number of carbonyl (C=O) groups is 3. The number of benzene rings is 2. The van der Waals surface area contributed by atoms with Gasteiger partial charge in [-0.05, 0) is 70.2 Å². The summed E-state index contributed by atoms with van der Waals surface area (Å²) in [5.41, 5.74) is 1.97. The van der Waals surface area contributed by atoms with Crippen molar-refractivity contribution < 1.29 is 29.2 Å². The van der Waals surface area contributed by atoms with Gasteiger partial charge >= 0.3 is 17.8 Å². The van der Waals surface area contributed by atoms with Crippen molar-refractivity contribution in [1.29, 1.82) is 0 Å². The van der Waals surface area contributed by atoms with Gasteiger partial charge in [-0.15, -0.1) is 0 Å². The maximum absolute atomic E-state index is 13.6. The van der Waals surface area contributed by atoms with Crippen LogP contribution in [0.4, 0.5) is 0 Å². The summed E-state index contributed by atoms with van der Waals surface area (Å²) in [4.78, 5) is 39.8. The average Bonchev–Trinajstić information content (AvgIpc) is 3.11. The number of imide groups is 1. The van der Waals surface area contributed by atoms with Crippen molar-refractivity contribution >= 4 is 17.8 Å². The molecule has 1 heterocycles. The molecular formula is C31H36NO5+. The molecule has 0 aromatic heterocycles. The highest BCUT2D eigenvalue weighted by Crippen LogP contribution is 2.82. The first-order chi connectivity index (χ1) is 17.4. The Kier molecular flexibility index (Phi) is 5.04. The van der Waals surface area contributed by atoms with Gasteiger partial charge in [0.25, 0.3) is 0 Å². The molecule has 4 aliphatic rings. The zero-order valence-electron chi connectivity index (χ0n) is 22.5. The number of quaternary nitrogens is 1. The maximum Gasteiger partial charge on any atom is 0.322 e. The standard InChI is InChI=1S/C31H35NO5/c1-17(2)37-29(5,6)15-28(3,4)27(35)36-16-30-19-12-8-7-11-18(19)23-22-24(26(34)32-25(22)33)31(23,30)21-14-10-9-13-20(21)30/h7-14,17,22-24H,15-16H2,1-6H3,(H,32,33,34)/p+1. The highest BCUT2D eigenvalue weighted by atomic mass is 16.5. The Hall–Kier alpha value is -2.83. The van der Waals surface area contributed by atoms with Crippen molar-refractivity contribution in [2.45, 2.75) is 76.4 Å². The summed E-state index contributed by atoms with van der Waals surface area (Å²) in [6, 6.07) is 16.4. The van der Waals surface area contributed by atoms with E-state index in [9.17, 15) is 14.4 Å². The number of esters is 1. The van der Waals surface area contributed by atoms with E-state index in [1.165, 1.54) is 5.32 Å². The predicted octanol–water partition coefficient (Wildman–Crippen LogP) is 3.36. The maximum atomic E-state index is 13.6. The molecule has 2 aromatic carbocycles. The van der Waals surface area contributed by atoms with Crippen LogP contribution in [0.5, 0.6) is 0 Å². The fraction of sp³-hybridized carbons (Fsp3) is 0.516. The first-order valence-electron chi connectivity index (χ1n) is 13.4. The third kappa shape index (κ3) is 2.91. The van der Waals surface area contributed by atoms with Crippen molar-refractivity contribution in [2.24, 2.45) is 17.3 Å². The Morgan fingerprint density at radius 1 is 0.919 bits per heavy atom. The van der Waals surface area contributed by atoms with E-state index >= 15 is 0 Å². The lowest BCUT2D eigenvalue weighted by Crippen LogP contribution is -2.88. The molecule has 194 valence electrons. The van der Waals surface area contributed by atoms with Gasteiger partial charge in [0.15, 0.2) is 0 Å². The van der Waals surface area contributed by atoms with Crippen molar-refractivity contribution in [3.8, 4) is 0 Å². The molecule has 0 radical (unpaired) electrons. The SMILES string of the molecule is CC(C)OC(C)(C)CC(C)(C)C(=O)OCC12c3ccccc3C3C4C(=O)[NH2+]C(=O)C4C31c1ccccc12. The molecule has 6 rings (SSSR count). The van der Waals surface area contributed by atoms with E-state index in [0.29, 0.717) is 6.42 Å². The van der Waals surface area contributed by atoms with E-state index in [1.54, 1.807) is 0 Å². The van der Waals surface area contributed by atoms with E-state index < -0.39 is 27.8 Å². The smallest absolute Gasteiger partial charge is 0.322 e. The fourth-order valence-electron chi connectivity index (χ4n) is 8.79. The molecular weight excluding hydrogens is 466 g/mol. The monoisotopic (exact) mass is 502 g/mol. The summed E-state index contributed by atoms with van der Waals surface area (Å²) in [6.07, 6.45) is 0.562. The minimum Gasteiger partial charge on any atom is -0.464 e. The Morgan fingerprint density at radius 3 is 2.22 bits per heavy atom. The summed E-state index contributed by atoms with van der Waals surface area (Å²) < 4.78 is 12.3. The minimum absolute atomic E-state index is 0.0500. The molecule has 1 saturated carbocycles. The molecule has 1 aliphatic heterocycles. The molecule has 1 spiro atoms. The fourth-order valence-corrected chi connectivity index (χ4v) is 8.79. The Morgan fingerprint density at radius 2 is 1.54 bits per heavy atom. The van der Waals surface area contributed by atoms with Gasteiger partial charge < -0.3 is 9.47 Å². The van der Waals surface area contributed by atoms with Gasteiger partial charge in [-0.2, -0.15) is 0 Å². The van der Waals surface area contributed by atoms with E-state index in [1.807, 2.05) is 65.8 Å². The van der Waals surface area contributed by atoms with E-state index in [2.05, 4.69) is 24.3 Å². The van der Waals surface area contributed by atoms with Gasteiger partial charge in [0, 0.05) is 11.3 Å². The number of nitrogens with two attached hydrogens (primary N) is 1. The number of amides is 2. The molecule has 5 atom stereocenters. The summed E-state index contributed by atoms with van der Waals surface area (Å²) in [7, 11) is 0. The third-order valence-electron chi connectivity index (χ3n) is 9.31. The van der Waals surface area contributed by atoms with Crippen LogP contribution in [0, 0.1) is 17.3 Å². The van der Waals surface area contributed by atoms with Gasteiger partial charge in [0.1, 0.15) is 12.5 Å². The second-order valence-electron chi connectivity index (χ2n) is 12.9. The van der Waals surface area contributed by atoms with E-state index in [4.69, 9.17) is 9.47 Å². The zero-order chi connectivity index (χ0) is 26.5. The number of rotatable bonds is 7. The number of ether oxygens (including phenoxy) is 2. The van der Waals surface area contributed by atoms with Crippen LogP contribution in [0.25, 0.3) is 0 Å². The van der Waals surface area contributed by atoms with Gasteiger partial charge in [-0.25, -0.2) is 14.9 Å². The van der Waals surface area contributed by atoms with Crippen LogP contribution in [-0.4, -0.2) is 36.1 Å². The Bertz CT molecular complexity index is 1340. The van der Waals surface area contributed by atoms with Crippen LogP contribution in [0.3, 0.4) is 0 Å². The Balaban J connectivity index is 1.40. The van der Waals surface area contributed by atoms with Crippen molar-refractivity contribution in [1.82, 2.24) is 0 Å². The first kappa shape index (κ1) is 24.5. The van der Waals surface area contributed by atoms with Crippen molar-refractivity contribution in [3.05, 3.63) is 70.8 Å². The van der Waals surface area contributed by atoms with Crippen LogP contribution >= 0.6 is 0 Å². The number of hydrogen-bond donors (Lipinski definition) is 1. The van der Waals surface area contributed by atoms with Crippen LogP contribution in [-0.2, 0) is 34.7 Å². The zero-order valence-corrected chi connectivity index (χ0v) is 22.5. The molecule has 2 fully saturated rings. The molecule has 37 heavy (non-hydrogen) atoms. The molecule has 0 bridgehead atoms. The molecule has 3 aliphatic carbocycles. The number of hydrogen-bond acceptors (Lipinski definition) is 5. The topological polar surface area (TPSA) is 86.3 Å². The molecule has 2 amide bonds. The number of carbonyl (C=O) groups excluding carboxylic acids is 3. The molecule has 1 saturated heterocycles. The van der Waals surface area contributed by atoms with Crippen LogP contribution in [0.2, 0.25) is 0 Å². The molecule has 2 N–H and O–H groups in total. The van der Waals surface area contributed by atoms with Crippen molar-refractivity contribution in [3.63, 3.8) is 0 Å². The molecule has 5 unspecified atom stereocenters. The summed E-state index contributed by atoms with van der Waals surface area (Å²) >= 11 is 0. The summed E-state index contributed by atoms with van der Waals surface area (Å²) in [6.45, 7) is 11.9. The largest absolute Gasteiger partial charge is 0.464 e. The van der Waals surface area contributed by atoms with Crippen LogP contribution < -0.4 is 5.32 Å². The highest BCUT2D eigenvalue weighted by Gasteiger charge is 2.88. The minimum atomic E-state index is -0.766. The van der Waals surface area contributed by atoms with Gasteiger partial charge in [-0.3, -0.25) is 4.79 Å². The van der Waals surface area contributed by atoms with E-state index in [-0.39, 0.29) is 42.3 Å². The quantitative estimate of drug-likeness (QED) is 0.464. The molecule has 6 nitrogen and oxygen atoms in total. The summed E-state index contributed by atoms with van der Waals surface area (Å²) in [5.74, 6) is -1.24. The number of fused-ring (bicyclic) bond motifs is 7. The predicted molar refractivity (Wildman–Crippen MR) is 137 cm³/mol. The molecule has 2 aromatic rings. The lowest BCUT2D eigenvalue weighted by atomic mass is 9.32. The molecule has 6 heteroatoms. The lowest BCUT2D eigenvalue weighted by Gasteiger charge is -2.67. The lowest BCUT2D eigenvalue weighted by molar-refractivity contribution is -0.479. The Labute approximate surface area is 218 Å². The van der Waals surface area contributed by atoms with Crippen molar-refractivity contribution in [2.75, 3.05) is 6.61 Å². The van der Waals surface area contributed by atoms with Crippen LogP contribution in [0.1, 0.15) is 76.1 Å². The highest BCUT2D eigenvalue weighted by molar-refractivity contribution is 5.99. The van der Waals surface area contributed by atoms with E-state index in [0.717, 1.165) is 22.3 Å². The average molecular weight is 503 g/mol. The van der Waals surface area contributed by atoms with Gasteiger partial charge in [0.2, 0.25) is 0 Å². The van der Waals surface area contributed by atoms with Gasteiger partial charge in [0.05, 0.1) is 28.5 Å². The second-order valence-corrected chi connectivity index (χ2v) is 12.9. The first-order valence-corrected chi connectivity index (χ1v) is 13.4. The number of primary amides is 2. The summed E-state index contributed by atoms with van der Waals surface area (Å²) in [5, 5.41) is 1.31. The third-order valence-corrected chi connectivity index (χ3v) is 9.31. The second kappa shape index (κ2) is 7.61. The van der Waals surface area contributed by atoms with Crippen LogP contribution in [0.15, 0.2) is 48.5 Å².